The van der Waals surface area contributed by atoms with Gasteiger partial charge in [0.25, 0.3) is 0 Å². The van der Waals surface area contributed by atoms with Gasteiger partial charge in [-0.05, 0) is 118 Å². The van der Waals surface area contributed by atoms with Gasteiger partial charge in [0.15, 0.2) is 23.0 Å². The van der Waals surface area contributed by atoms with Gasteiger partial charge in [0.05, 0.1) is 67.4 Å². The molecule has 12 nitrogen and oxygen atoms in total. The van der Waals surface area contributed by atoms with Gasteiger partial charge in [-0.2, -0.15) is 0 Å². The van der Waals surface area contributed by atoms with Crippen LogP contribution in [0.5, 0.6) is 23.0 Å². The maximum Gasteiger partial charge on any atom is 0.335 e. The van der Waals surface area contributed by atoms with Crippen LogP contribution in [-0.2, 0) is 13.1 Å². The van der Waals surface area contributed by atoms with E-state index in [1.165, 1.54) is 37.0 Å². The molecule has 2 aliphatic carbocycles. The minimum atomic E-state index is -0.953. The molecule has 0 spiro atoms. The molecule has 2 heterocycles. The maximum atomic E-state index is 11.5. The van der Waals surface area contributed by atoms with Crippen molar-refractivity contribution in [2.75, 3.05) is 24.0 Å². The van der Waals surface area contributed by atoms with Crippen LogP contribution in [0.25, 0.3) is 0 Å². The van der Waals surface area contributed by atoms with Crippen molar-refractivity contribution in [3.63, 3.8) is 0 Å². The van der Waals surface area contributed by atoms with Crippen LogP contribution in [-0.4, -0.2) is 58.5 Å². The number of carboxylic acids is 2. The van der Waals surface area contributed by atoms with E-state index in [4.69, 9.17) is 18.9 Å². The van der Waals surface area contributed by atoms with Gasteiger partial charge in [-0.15, -0.1) is 22.7 Å². The van der Waals surface area contributed by atoms with Crippen molar-refractivity contribution in [3.8, 4) is 23.0 Å². The molecule has 0 unspecified atom stereocenters. The predicted molar refractivity (Wildman–Crippen MR) is 234 cm³/mol. The Kier molecular flexibility index (Phi) is 14.2. The highest BCUT2D eigenvalue weighted by Gasteiger charge is 2.23. The predicted octanol–water partition coefficient (Wildman–Crippen LogP) is 11.0. The summed E-state index contributed by atoms with van der Waals surface area (Å²) in [6, 6.07) is 25.6. The zero-order valence-electron chi connectivity index (χ0n) is 33.6. The monoisotopic (exact) mass is 848 g/mol. The fraction of sp³-hybridized carbons (Fsp3) is 0.304. The number of aromatic carboxylic acids is 2. The summed E-state index contributed by atoms with van der Waals surface area (Å²) in [6.45, 7) is 1.13. The number of rotatable bonds is 16. The molecule has 2 aromatic heterocycles. The first kappa shape index (κ1) is 42.0. The Balaban J connectivity index is 0.000000181. The number of benzene rings is 4. The number of nitrogens with zero attached hydrogens (tertiary/aromatic N) is 4. The summed E-state index contributed by atoms with van der Waals surface area (Å²) in [5.74, 6) is 0.957. The van der Waals surface area contributed by atoms with Gasteiger partial charge in [0, 0.05) is 51.3 Å². The summed E-state index contributed by atoms with van der Waals surface area (Å²) in [7, 11) is 3.29. The summed E-state index contributed by atoms with van der Waals surface area (Å²) in [5.41, 5.74) is 8.52. The second-order valence-corrected chi connectivity index (χ2v) is 16.2. The normalized spacial score (nSPS) is 13.9. The molecular formula is C46H48N4O8S2. The second-order valence-electron chi connectivity index (χ2n) is 14.5. The lowest BCUT2D eigenvalue weighted by Gasteiger charge is -2.26. The van der Waals surface area contributed by atoms with Crippen molar-refractivity contribution >= 4 is 57.4 Å². The molecule has 0 amide bonds. The number of hydrogen-bond acceptors (Lipinski definition) is 12. The van der Waals surface area contributed by atoms with Crippen molar-refractivity contribution in [1.29, 1.82) is 0 Å². The topological polar surface area (TPSA) is 144 Å². The lowest BCUT2D eigenvalue weighted by Crippen LogP contribution is -2.18. The van der Waals surface area contributed by atoms with Gasteiger partial charge in [-0.25, -0.2) is 14.6 Å². The molecule has 0 saturated heterocycles. The van der Waals surface area contributed by atoms with E-state index >= 15 is 0 Å². The molecule has 14 heteroatoms. The molecule has 0 atom stereocenters. The summed E-state index contributed by atoms with van der Waals surface area (Å²) in [6.07, 6.45) is 11.3. The summed E-state index contributed by atoms with van der Waals surface area (Å²) >= 11 is 3.12. The number of carbonyl (C=O) groups is 2. The van der Waals surface area contributed by atoms with Gasteiger partial charge < -0.3 is 39.0 Å². The van der Waals surface area contributed by atoms with E-state index in [2.05, 4.69) is 14.9 Å². The highest BCUT2D eigenvalue weighted by atomic mass is 32.1. The SMILES string of the molecule is COc1ccc(N(Cc2cncs2)c2ccc(C(=O)O)cc2)cc1OC1CCCC1.COc1ccc(N(Cc2cscn2)c2cccc(C(=O)O)c2)cc1OC1CCCC1. The standard InChI is InChI=1S/2C23H24N2O4S/c1-28-21-10-9-19(12-22(21)29-20-7-2-3-8-20)25(13-17-14-30-15-24-17)18-6-4-5-16(11-18)23(26)27;1-28-21-11-10-18(12-22(21)29-19-4-2-3-5-19)25(14-20-13-24-15-30-20)17-8-6-16(7-9-17)23(26)27/h4-6,9-12,14-15,20H,2-3,7-8,13H2,1H3,(H,26,27);6-13,15,19H,2-5,14H2,1H3,(H,26,27). The molecule has 60 heavy (non-hydrogen) atoms. The molecule has 0 radical (unpaired) electrons. The van der Waals surface area contributed by atoms with Gasteiger partial charge in [-0.1, -0.05) is 6.07 Å². The smallest absolute Gasteiger partial charge is 0.335 e. The lowest BCUT2D eigenvalue weighted by molar-refractivity contribution is 0.0686. The average molecular weight is 849 g/mol. The lowest BCUT2D eigenvalue weighted by atomic mass is 10.1. The Morgan fingerprint density at radius 2 is 1.20 bits per heavy atom. The maximum absolute atomic E-state index is 11.5. The van der Waals surface area contributed by atoms with Crippen LogP contribution in [0, 0.1) is 0 Å². The number of ether oxygens (including phenoxy) is 4. The van der Waals surface area contributed by atoms with Gasteiger partial charge >= 0.3 is 11.9 Å². The third-order valence-corrected chi connectivity index (χ3v) is 11.9. The van der Waals surface area contributed by atoms with Gasteiger partial charge in [0.2, 0.25) is 0 Å². The number of aromatic nitrogens is 2. The van der Waals surface area contributed by atoms with E-state index in [1.807, 2.05) is 76.6 Å². The molecule has 8 rings (SSSR count). The molecule has 4 aromatic carbocycles. The van der Waals surface area contributed by atoms with Crippen LogP contribution >= 0.6 is 22.7 Å². The van der Waals surface area contributed by atoms with Crippen LogP contribution in [0.3, 0.4) is 0 Å². The molecule has 2 saturated carbocycles. The fourth-order valence-electron chi connectivity index (χ4n) is 7.43. The Labute approximate surface area is 357 Å². The number of anilines is 4. The van der Waals surface area contributed by atoms with E-state index in [-0.39, 0.29) is 23.3 Å². The van der Waals surface area contributed by atoms with E-state index in [0.29, 0.717) is 30.3 Å². The highest BCUT2D eigenvalue weighted by Crippen LogP contribution is 2.40. The Morgan fingerprint density at radius 3 is 1.70 bits per heavy atom. The zero-order valence-corrected chi connectivity index (χ0v) is 35.2. The molecule has 0 aliphatic heterocycles. The summed E-state index contributed by atoms with van der Waals surface area (Å²) < 4.78 is 23.6. The molecule has 6 aromatic rings. The third-order valence-electron chi connectivity index (χ3n) is 10.5. The minimum absolute atomic E-state index is 0.205. The van der Waals surface area contributed by atoms with Crippen molar-refractivity contribution in [2.45, 2.75) is 76.7 Å². The van der Waals surface area contributed by atoms with E-state index in [9.17, 15) is 19.8 Å². The van der Waals surface area contributed by atoms with E-state index in [0.717, 1.165) is 64.8 Å². The molecular weight excluding hydrogens is 801 g/mol. The first-order valence-electron chi connectivity index (χ1n) is 19.9. The molecule has 0 bridgehead atoms. The minimum Gasteiger partial charge on any atom is -0.493 e. The first-order valence-corrected chi connectivity index (χ1v) is 21.8. The first-order chi connectivity index (χ1) is 29.3. The summed E-state index contributed by atoms with van der Waals surface area (Å²) in [4.78, 5) is 36.6. The molecule has 2 aliphatic rings. The van der Waals surface area contributed by atoms with Crippen LogP contribution in [0.15, 0.2) is 108 Å². The quantitative estimate of drug-likeness (QED) is 0.0956. The molecule has 2 fully saturated rings. The van der Waals surface area contributed by atoms with Crippen LogP contribution in [0.2, 0.25) is 0 Å². The van der Waals surface area contributed by atoms with Gasteiger partial charge in [-0.3, -0.25) is 4.98 Å². The fourth-order valence-corrected chi connectivity index (χ4v) is 8.56. The largest absolute Gasteiger partial charge is 0.493 e. The van der Waals surface area contributed by atoms with Crippen LogP contribution in [0.4, 0.5) is 22.7 Å². The molecule has 312 valence electrons. The highest BCUT2D eigenvalue weighted by molar-refractivity contribution is 7.09. The molecule has 2 N–H and O–H groups in total. The third kappa shape index (κ3) is 10.7. The van der Waals surface area contributed by atoms with Crippen LogP contribution in [0.1, 0.15) is 82.7 Å². The number of methoxy groups -OCH3 is 2. The van der Waals surface area contributed by atoms with Crippen molar-refractivity contribution in [2.24, 2.45) is 0 Å². The Bertz CT molecular complexity index is 2310. The second kappa shape index (κ2) is 20.2. The van der Waals surface area contributed by atoms with Crippen molar-refractivity contribution < 1.29 is 38.7 Å². The number of hydrogen-bond donors (Lipinski definition) is 2. The van der Waals surface area contributed by atoms with E-state index < -0.39 is 11.9 Å². The van der Waals surface area contributed by atoms with E-state index in [1.54, 1.807) is 61.4 Å². The average Bonchev–Trinajstić information content (AvgIpc) is 4.13. The van der Waals surface area contributed by atoms with Crippen molar-refractivity contribution in [1.82, 2.24) is 9.97 Å². The van der Waals surface area contributed by atoms with Crippen LogP contribution < -0.4 is 28.7 Å². The number of carboxylic acid groups (broad SMARTS) is 2. The van der Waals surface area contributed by atoms with Crippen molar-refractivity contribution in [3.05, 3.63) is 129 Å². The zero-order chi connectivity index (χ0) is 41.8. The van der Waals surface area contributed by atoms with Gasteiger partial charge in [0.1, 0.15) is 0 Å². The summed E-state index contributed by atoms with van der Waals surface area (Å²) in [5, 5.41) is 20.6. The Hall–Kier alpha value is -6.12. The number of thiazole rings is 2. The Morgan fingerprint density at radius 1 is 0.650 bits per heavy atom.